The quantitative estimate of drug-likeness (QED) is 0.625. The predicted molar refractivity (Wildman–Crippen MR) is 48.5 cm³/mol. The van der Waals surface area contributed by atoms with E-state index in [4.69, 9.17) is 5.11 Å². The number of carbonyl (C=O) groups excluding carboxylic acids is 1. The van der Waals surface area contributed by atoms with Gasteiger partial charge in [0, 0.05) is 0 Å². The number of rotatable bonds is 3. The van der Waals surface area contributed by atoms with E-state index < -0.39 is 5.97 Å². The average molecular weight is 191 g/mol. The molecule has 0 aliphatic carbocycles. The van der Waals surface area contributed by atoms with E-state index in [2.05, 4.69) is 10.1 Å². The zero-order valence-electron chi connectivity index (χ0n) is 8.46. The molecule has 0 aliphatic heterocycles. The molecular formula is C8H17NO4. The van der Waals surface area contributed by atoms with E-state index >= 15 is 0 Å². The van der Waals surface area contributed by atoms with Gasteiger partial charge in [-0.05, 0) is 27.8 Å². The van der Waals surface area contributed by atoms with Gasteiger partial charge in [0.1, 0.15) is 5.60 Å². The molecule has 78 valence electrons. The molecule has 0 bridgehead atoms. The highest BCUT2D eigenvalue weighted by atomic mass is 16.5. The Morgan fingerprint density at radius 3 is 2.00 bits per heavy atom. The zero-order chi connectivity index (χ0) is 10.9. The van der Waals surface area contributed by atoms with Gasteiger partial charge in [-0.1, -0.05) is 0 Å². The Morgan fingerprint density at radius 2 is 2.00 bits per heavy atom. The number of nitrogens with one attached hydrogen (secondary N) is 1. The van der Waals surface area contributed by atoms with Gasteiger partial charge < -0.3 is 15.2 Å². The molecule has 13 heavy (non-hydrogen) atoms. The molecule has 0 fully saturated rings. The molecule has 2 N–H and O–H groups in total. The standard InChI is InChI=1S/C5H10O2.C3H7NO2/c1-5(2,3)7-4-6;1-4-2-3(5)6/h4H,1-3H3;4H,2H2,1H3,(H,5,6). The molecule has 5 nitrogen and oxygen atoms in total. The van der Waals surface area contributed by atoms with Crippen LogP contribution in [0.3, 0.4) is 0 Å². The van der Waals surface area contributed by atoms with Crippen LogP contribution in [0, 0.1) is 0 Å². The highest BCUT2D eigenvalue weighted by Crippen LogP contribution is 2.02. The van der Waals surface area contributed by atoms with Gasteiger partial charge >= 0.3 is 5.97 Å². The lowest BCUT2D eigenvalue weighted by molar-refractivity contribution is -0.139. The van der Waals surface area contributed by atoms with Crippen LogP contribution in [0.5, 0.6) is 0 Å². The Kier molecular flexibility index (Phi) is 8.37. The van der Waals surface area contributed by atoms with E-state index in [1.807, 2.05) is 20.8 Å². The third-order valence-corrected chi connectivity index (χ3v) is 0.730. The molecule has 0 aliphatic rings. The van der Waals surface area contributed by atoms with E-state index in [1.165, 1.54) is 0 Å². The molecule has 0 radical (unpaired) electrons. The molecule has 0 aromatic carbocycles. The van der Waals surface area contributed by atoms with Gasteiger partial charge in [-0.3, -0.25) is 9.59 Å². The van der Waals surface area contributed by atoms with Crippen molar-refractivity contribution < 1.29 is 19.4 Å². The van der Waals surface area contributed by atoms with Crippen molar-refractivity contribution in [2.24, 2.45) is 0 Å². The second-order valence-electron chi connectivity index (χ2n) is 3.25. The van der Waals surface area contributed by atoms with Crippen LogP contribution < -0.4 is 5.32 Å². The van der Waals surface area contributed by atoms with Gasteiger partial charge in [0.05, 0.1) is 6.54 Å². The van der Waals surface area contributed by atoms with Crippen LogP contribution in [-0.4, -0.2) is 36.7 Å². The smallest absolute Gasteiger partial charge is 0.317 e. The Balaban J connectivity index is 0. The highest BCUT2D eigenvalue weighted by Gasteiger charge is 2.07. The topological polar surface area (TPSA) is 75.6 Å². The maximum Gasteiger partial charge on any atom is 0.317 e. The summed E-state index contributed by atoms with van der Waals surface area (Å²) in [5.41, 5.74) is -0.318. The van der Waals surface area contributed by atoms with Crippen LogP contribution in [0.25, 0.3) is 0 Å². The second-order valence-corrected chi connectivity index (χ2v) is 3.25. The van der Waals surface area contributed by atoms with E-state index in [0.717, 1.165) is 0 Å². The van der Waals surface area contributed by atoms with E-state index in [0.29, 0.717) is 6.47 Å². The first-order valence-corrected chi connectivity index (χ1v) is 3.81. The second kappa shape index (κ2) is 7.54. The number of hydrogen-bond acceptors (Lipinski definition) is 4. The first kappa shape index (κ1) is 14.4. The van der Waals surface area contributed by atoms with E-state index in [-0.39, 0.29) is 12.1 Å². The predicted octanol–water partition coefficient (Wildman–Crippen LogP) is 0.248. The van der Waals surface area contributed by atoms with Crippen molar-refractivity contribution in [2.75, 3.05) is 13.6 Å². The molecule has 0 unspecified atom stereocenters. The number of carbonyl (C=O) groups is 2. The van der Waals surface area contributed by atoms with Crippen molar-refractivity contribution in [1.82, 2.24) is 5.32 Å². The maximum atomic E-state index is 9.60. The largest absolute Gasteiger partial charge is 0.480 e. The van der Waals surface area contributed by atoms with Crippen LogP contribution >= 0.6 is 0 Å². The summed E-state index contributed by atoms with van der Waals surface area (Å²) in [5, 5.41) is 10.3. The monoisotopic (exact) mass is 191 g/mol. The third kappa shape index (κ3) is 24.8. The van der Waals surface area contributed by atoms with E-state index in [9.17, 15) is 9.59 Å². The third-order valence-electron chi connectivity index (χ3n) is 0.730. The van der Waals surface area contributed by atoms with Crippen molar-refractivity contribution in [2.45, 2.75) is 26.4 Å². The van der Waals surface area contributed by atoms with E-state index in [1.54, 1.807) is 7.05 Å². The average Bonchev–Trinajstić information content (AvgIpc) is 1.84. The summed E-state index contributed by atoms with van der Waals surface area (Å²) in [7, 11) is 1.59. The molecule has 0 aromatic rings. The first-order chi connectivity index (χ1) is 5.83. The highest BCUT2D eigenvalue weighted by molar-refractivity contribution is 5.68. The molecule has 0 rings (SSSR count). The number of ether oxygens (including phenoxy) is 1. The Hall–Kier alpha value is -1.10. The van der Waals surface area contributed by atoms with Crippen molar-refractivity contribution in [1.29, 1.82) is 0 Å². The number of carboxylic acids is 1. The molecule has 5 heteroatoms. The van der Waals surface area contributed by atoms with Gasteiger partial charge in [-0.25, -0.2) is 0 Å². The van der Waals surface area contributed by atoms with Crippen molar-refractivity contribution in [3.05, 3.63) is 0 Å². The first-order valence-electron chi connectivity index (χ1n) is 3.81. The lowest BCUT2D eigenvalue weighted by Gasteiger charge is -2.14. The summed E-state index contributed by atoms with van der Waals surface area (Å²) in [6, 6.07) is 0. The Morgan fingerprint density at radius 1 is 1.54 bits per heavy atom. The minimum Gasteiger partial charge on any atom is -0.480 e. The van der Waals surface area contributed by atoms with Gasteiger partial charge in [0.2, 0.25) is 0 Å². The number of aliphatic carboxylic acids is 1. The lowest BCUT2D eigenvalue weighted by Crippen LogP contribution is -2.17. The molecule has 0 aromatic heterocycles. The number of likely N-dealkylation sites (N-methyl/N-ethyl adjacent to an activating group) is 1. The SMILES string of the molecule is CC(C)(C)OC=O.CNCC(=O)O. The van der Waals surface area contributed by atoms with Crippen LogP contribution in [0.2, 0.25) is 0 Å². The summed E-state index contributed by atoms with van der Waals surface area (Å²) in [4.78, 5) is 19.1. The molecule has 0 spiro atoms. The van der Waals surface area contributed by atoms with Crippen LogP contribution in [0.15, 0.2) is 0 Å². The molecule has 0 saturated heterocycles. The minimum atomic E-state index is -0.822. The fourth-order valence-electron chi connectivity index (χ4n) is 0.296. The minimum absolute atomic E-state index is 0.0417. The summed E-state index contributed by atoms with van der Waals surface area (Å²) >= 11 is 0. The van der Waals surface area contributed by atoms with Gasteiger partial charge in [-0.15, -0.1) is 0 Å². The van der Waals surface area contributed by atoms with Crippen LogP contribution in [-0.2, 0) is 14.3 Å². The normalized spacial score (nSPS) is 9.54. The summed E-state index contributed by atoms with van der Waals surface area (Å²) in [6.45, 7) is 5.96. The molecular weight excluding hydrogens is 174 g/mol. The fraction of sp³-hybridized carbons (Fsp3) is 0.750. The van der Waals surface area contributed by atoms with Gasteiger partial charge in [0.15, 0.2) is 0 Å². The fourth-order valence-corrected chi connectivity index (χ4v) is 0.296. The summed E-state index contributed by atoms with van der Waals surface area (Å²) in [6.07, 6.45) is 0. The molecule has 0 amide bonds. The summed E-state index contributed by atoms with van der Waals surface area (Å²) in [5.74, 6) is -0.822. The van der Waals surface area contributed by atoms with Gasteiger partial charge in [0.25, 0.3) is 6.47 Å². The summed E-state index contributed by atoms with van der Waals surface area (Å²) < 4.78 is 4.55. The Bertz CT molecular complexity index is 151. The maximum absolute atomic E-state index is 9.60. The number of hydrogen-bond donors (Lipinski definition) is 2. The lowest BCUT2D eigenvalue weighted by atomic mass is 10.2. The van der Waals surface area contributed by atoms with Crippen LogP contribution in [0.1, 0.15) is 20.8 Å². The van der Waals surface area contributed by atoms with Crippen molar-refractivity contribution in [3.63, 3.8) is 0 Å². The van der Waals surface area contributed by atoms with Crippen molar-refractivity contribution >= 4 is 12.4 Å². The Labute approximate surface area is 78.1 Å². The molecule has 0 saturated carbocycles. The van der Waals surface area contributed by atoms with Gasteiger partial charge in [-0.2, -0.15) is 0 Å². The van der Waals surface area contributed by atoms with Crippen molar-refractivity contribution in [3.8, 4) is 0 Å². The zero-order valence-corrected chi connectivity index (χ0v) is 8.46. The molecule has 0 atom stereocenters. The molecule has 0 heterocycles. The number of carboxylic acid groups (broad SMARTS) is 1. The van der Waals surface area contributed by atoms with Crippen LogP contribution in [0.4, 0.5) is 0 Å².